The van der Waals surface area contributed by atoms with Crippen molar-refractivity contribution in [1.29, 1.82) is 0 Å². The number of hydrogen-bond acceptors (Lipinski definition) is 8. The lowest BCUT2D eigenvalue weighted by atomic mass is 9.94. The van der Waals surface area contributed by atoms with Crippen LogP contribution in [-0.4, -0.2) is 64.6 Å². The molecule has 1 unspecified atom stereocenters. The molecule has 216 valence electrons. The molecule has 2 amide bonds. The molecule has 1 saturated heterocycles. The Balaban J connectivity index is 1.37. The van der Waals surface area contributed by atoms with E-state index in [1.54, 1.807) is 13.2 Å². The number of carbonyl (C=O) groups excluding carboxylic acids is 3. The number of aliphatic hydroxyl groups is 1. The molecule has 3 heterocycles. The zero-order valence-electron chi connectivity index (χ0n) is 23.3. The summed E-state index contributed by atoms with van der Waals surface area (Å²) in [5.74, 6) is -0.689. The summed E-state index contributed by atoms with van der Waals surface area (Å²) in [5.41, 5.74) is 1.76. The van der Waals surface area contributed by atoms with Crippen molar-refractivity contribution in [3.05, 3.63) is 59.2 Å². The Kier molecular flexibility index (Phi) is 8.67. The van der Waals surface area contributed by atoms with Crippen LogP contribution in [0.2, 0.25) is 0 Å². The fraction of sp³-hybridized carbons (Fsp3) is 0.400. The molecule has 11 heteroatoms. The third-order valence-electron chi connectivity index (χ3n) is 7.41. The first-order chi connectivity index (χ1) is 19.7. The molecule has 0 radical (unpaired) electrons. The van der Waals surface area contributed by atoms with Crippen molar-refractivity contribution in [3.63, 3.8) is 0 Å². The Morgan fingerprint density at radius 2 is 1.93 bits per heavy atom. The number of aromatic nitrogens is 2. The number of nitrogens with zero attached hydrogens (tertiary/aromatic N) is 1. The number of Topliss-reactive ketones (excluding diaryl/α,β-unsaturated/α-hetero) is 1. The fourth-order valence-corrected chi connectivity index (χ4v) is 6.25. The van der Waals surface area contributed by atoms with Crippen molar-refractivity contribution in [2.24, 2.45) is 11.8 Å². The molecule has 2 aromatic carbocycles. The second-order valence-corrected chi connectivity index (χ2v) is 11.9. The first kappa shape index (κ1) is 28.7. The van der Waals surface area contributed by atoms with E-state index in [4.69, 9.17) is 4.74 Å². The molecular formula is C30H35N5O5S. The fourth-order valence-electron chi connectivity index (χ4n) is 5.29. The molecule has 1 aliphatic heterocycles. The number of hydrogen-bond donors (Lipinski definition) is 5. The number of H-pyrrole nitrogens is 1. The SMILES string of the molecule is COc1cccc2[nH]c(C(=O)N[C@@H](CC(C)C)C(=O)N[C@@H](C[C@@H]3CCNC3O)C(=O)c3nc4ccccc4s3)cc12. The molecule has 1 fully saturated rings. The molecule has 0 aliphatic carbocycles. The van der Waals surface area contributed by atoms with Gasteiger partial charge in [0, 0.05) is 16.8 Å². The summed E-state index contributed by atoms with van der Waals surface area (Å²) < 4.78 is 6.28. The monoisotopic (exact) mass is 577 g/mol. The molecule has 2 aromatic heterocycles. The molecule has 1 aliphatic rings. The van der Waals surface area contributed by atoms with E-state index in [0.717, 1.165) is 15.6 Å². The number of methoxy groups -OCH3 is 1. The van der Waals surface area contributed by atoms with Crippen LogP contribution in [0.5, 0.6) is 5.75 Å². The number of fused-ring (bicyclic) bond motifs is 2. The van der Waals surface area contributed by atoms with E-state index >= 15 is 0 Å². The first-order valence-corrected chi connectivity index (χ1v) is 14.6. The number of rotatable bonds is 11. The van der Waals surface area contributed by atoms with E-state index in [9.17, 15) is 19.5 Å². The van der Waals surface area contributed by atoms with Crippen molar-refractivity contribution < 1.29 is 24.2 Å². The van der Waals surface area contributed by atoms with E-state index in [1.807, 2.05) is 56.3 Å². The van der Waals surface area contributed by atoms with Gasteiger partial charge in [-0.05, 0) is 62.1 Å². The summed E-state index contributed by atoms with van der Waals surface area (Å²) in [6.45, 7) is 4.55. The Bertz CT molecular complexity index is 1530. The summed E-state index contributed by atoms with van der Waals surface area (Å²) in [7, 11) is 1.57. The molecule has 0 spiro atoms. The minimum absolute atomic E-state index is 0.0909. The van der Waals surface area contributed by atoms with Gasteiger partial charge in [-0.25, -0.2) is 4.98 Å². The highest BCUT2D eigenvalue weighted by Crippen LogP contribution is 2.27. The third kappa shape index (κ3) is 6.42. The van der Waals surface area contributed by atoms with Gasteiger partial charge in [0.2, 0.25) is 11.7 Å². The minimum atomic E-state index is -0.911. The Hall–Kier alpha value is -3.80. The maximum absolute atomic E-state index is 13.7. The summed E-state index contributed by atoms with van der Waals surface area (Å²) in [6, 6.07) is 12.9. The molecule has 0 bridgehead atoms. The molecular weight excluding hydrogens is 542 g/mol. The molecule has 10 nitrogen and oxygen atoms in total. The predicted octanol–water partition coefficient (Wildman–Crippen LogP) is 3.62. The number of thiazole rings is 1. The number of ketones is 1. The number of amides is 2. The van der Waals surface area contributed by atoms with Crippen LogP contribution < -0.4 is 20.7 Å². The molecule has 5 rings (SSSR count). The average Bonchev–Trinajstić information content (AvgIpc) is 3.69. The highest BCUT2D eigenvalue weighted by molar-refractivity contribution is 7.20. The van der Waals surface area contributed by atoms with Gasteiger partial charge < -0.3 is 25.5 Å². The average molecular weight is 578 g/mol. The summed E-state index contributed by atoms with van der Waals surface area (Å²) in [4.78, 5) is 48.3. The van der Waals surface area contributed by atoms with Crippen molar-refractivity contribution >= 4 is 50.1 Å². The predicted molar refractivity (Wildman–Crippen MR) is 158 cm³/mol. The van der Waals surface area contributed by atoms with Gasteiger partial charge in [-0.2, -0.15) is 0 Å². The van der Waals surface area contributed by atoms with Gasteiger partial charge in [0.05, 0.1) is 23.4 Å². The highest BCUT2D eigenvalue weighted by atomic mass is 32.1. The van der Waals surface area contributed by atoms with Crippen molar-refractivity contribution in [2.45, 2.75) is 51.4 Å². The van der Waals surface area contributed by atoms with E-state index in [2.05, 4.69) is 25.9 Å². The largest absolute Gasteiger partial charge is 0.496 e. The lowest BCUT2D eigenvalue weighted by molar-refractivity contribution is -0.124. The van der Waals surface area contributed by atoms with Gasteiger partial charge in [0.25, 0.3) is 5.91 Å². The van der Waals surface area contributed by atoms with Gasteiger partial charge in [0.15, 0.2) is 5.01 Å². The van der Waals surface area contributed by atoms with Crippen LogP contribution in [0.25, 0.3) is 21.1 Å². The minimum Gasteiger partial charge on any atom is -0.496 e. The quantitative estimate of drug-likeness (QED) is 0.171. The summed E-state index contributed by atoms with van der Waals surface area (Å²) >= 11 is 1.28. The maximum atomic E-state index is 13.7. The van der Waals surface area contributed by atoms with Crippen LogP contribution in [0.3, 0.4) is 0 Å². The van der Waals surface area contributed by atoms with Crippen molar-refractivity contribution in [3.8, 4) is 5.75 Å². The van der Waals surface area contributed by atoms with Gasteiger partial charge in [-0.3, -0.25) is 19.7 Å². The number of nitrogens with one attached hydrogen (secondary N) is 4. The van der Waals surface area contributed by atoms with Crippen molar-refractivity contribution in [2.75, 3.05) is 13.7 Å². The number of carbonyl (C=O) groups is 3. The number of ether oxygens (including phenoxy) is 1. The van der Waals surface area contributed by atoms with Crippen LogP contribution in [0.4, 0.5) is 0 Å². The molecule has 4 aromatic rings. The molecule has 5 N–H and O–H groups in total. The maximum Gasteiger partial charge on any atom is 0.268 e. The van der Waals surface area contributed by atoms with E-state index in [0.29, 0.717) is 41.4 Å². The van der Waals surface area contributed by atoms with E-state index in [-0.39, 0.29) is 24.0 Å². The molecule has 4 atom stereocenters. The lowest BCUT2D eigenvalue weighted by Crippen LogP contribution is -2.52. The van der Waals surface area contributed by atoms with Crippen molar-refractivity contribution in [1.82, 2.24) is 25.9 Å². The van der Waals surface area contributed by atoms with Gasteiger partial charge in [-0.1, -0.05) is 32.0 Å². The number of aliphatic hydroxyl groups excluding tert-OH is 1. The van der Waals surface area contributed by atoms with Gasteiger partial charge in [0.1, 0.15) is 23.7 Å². The second kappa shape index (κ2) is 12.4. The van der Waals surface area contributed by atoms with Crippen LogP contribution in [-0.2, 0) is 4.79 Å². The Labute approximate surface area is 241 Å². The number of benzene rings is 2. The zero-order chi connectivity index (χ0) is 29.1. The molecule has 41 heavy (non-hydrogen) atoms. The Morgan fingerprint density at radius 3 is 2.63 bits per heavy atom. The zero-order valence-corrected chi connectivity index (χ0v) is 24.1. The van der Waals surface area contributed by atoms with Gasteiger partial charge in [-0.15, -0.1) is 11.3 Å². The molecule has 0 saturated carbocycles. The van der Waals surface area contributed by atoms with E-state index < -0.39 is 30.1 Å². The highest BCUT2D eigenvalue weighted by Gasteiger charge is 2.35. The lowest BCUT2D eigenvalue weighted by Gasteiger charge is -2.25. The standard InChI is InChI=1S/C30H35N5O5S/c1-16(2)13-22(34-29(39)23-15-18-19(32-23)8-6-9-24(18)40-3)28(38)33-21(14-17-11-12-31-27(17)37)26(36)30-35-20-7-4-5-10-25(20)41-30/h4-10,15-17,21-22,27,31-32,37H,11-14H2,1-3H3,(H,33,38)(H,34,39)/t17-,21-,22-,27?/m0/s1. The van der Waals surface area contributed by atoms with Gasteiger partial charge >= 0.3 is 0 Å². The topological polar surface area (TPSA) is 145 Å². The first-order valence-electron chi connectivity index (χ1n) is 13.8. The van der Waals surface area contributed by atoms with E-state index in [1.165, 1.54) is 11.3 Å². The third-order valence-corrected chi connectivity index (χ3v) is 8.46. The smallest absolute Gasteiger partial charge is 0.268 e. The normalized spacial score (nSPS) is 18.5. The second-order valence-electron chi connectivity index (χ2n) is 10.9. The van der Waals surface area contributed by atoms with Crippen LogP contribution in [0, 0.1) is 11.8 Å². The van der Waals surface area contributed by atoms with Crippen LogP contribution in [0.15, 0.2) is 48.5 Å². The van der Waals surface area contributed by atoms with Crippen LogP contribution in [0.1, 0.15) is 53.4 Å². The summed E-state index contributed by atoms with van der Waals surface area (Å²) in [5, 5.41) is 20.2. The summed E-state index contributed by atoms with van der Waals surface area (Å²) in [6.07, 6.45) is 0.537. The number of aromatic amines is 1. The van der Waals surface area contributed by atoms with Crippen LogP contribution >= 0.6 is 11.3 Å². The number of para-hydroxylation sites is 1. The Morgan fingerprint density at radius 1 is 1.12 bits per heavy atom.